The molecule has 0 amide bonds. The van der Waals surface area contributed by atoms with Crippen molar-refractivity contribution in [3.63, 3.8) is 0 Å². The molecule has 2 unspecified atom stereocenters. The molecular formula is C18H22N2O6. The number of fused-ring (bicyclic) bond motifs is 1. The first-order valence-electron chi connectivity index (χ1n) is 8.03. The zero-order valence-corrected chi connectivity index (χ0v) is 14.2. The molecule has 8 heteroatoms. The van der Waals surface area contributed by atoms with Gasteiger partial charge in [0.1, 0.15) is 12.1 Å². The molecule has 0 saturated heterocycles. The van der Waals surface area contributed by atoms with Crippen molar-refractivity contribution in [2.45, 2.75) is 31.5 Å². The molecule has 8 nitrogen and oxygen atoms in total. The summed E-state index contributed by atoms with van der Waals surface area (Å²) in [5.41, 5.74) is 0.884. The highest BCUT2D eigenvalue weighted by atomic mass is 16.6. The van der Waals surface area contributed by atoms with Gasteiger partial charge in [-0.2, -0.15) is 0 Å². The second-order valence-electron chi connectivity index (χ2n) is 5.88. The molecule has 0 fully saturated rings. The smallest absolute Gasteiger partial charge is 0.264 e. The van der Waals surface area contributed by atoms with Crippen molar-refractivity contribution in [3.05, 3.63) is 40.2 Å². The predicted octanol–water partition coefficient (Wildman–Crippen LogP) is -0.641. The lowest BCUT2D eigenvalue weighted by Gasteiger charge is -2.28. The number of rotatable bonds is 8. The van der Waals surface area contributed by atoms with Crippen LogP contribution in [-0.4, -0.2) is 63.2 Å². The van der Waals surface area contributed by atoms with E-state index in [1.165, 1.54) is 6.92 Å². The fourth-order valence-electron chi connectivity index (χ4n) is 2.40. The molecule has 0 radical (unpaired) electrons. The van der Waals surface area contributed by atoms with Crippen molar-refractivity contribution in [1.29, 1.82) is 0 Å². The summed E-state index contributed by atoms with van der Waals surface area (Å²) in [6.45, 7) is 0.463. The Morgan fingerprint density at radius 3 is 2.58 bits per heavy atom. The number of aliphatic hydroxyl groups excluding tert-OH is 4. The first kappa shape index (κ1) is 19.9. The van der Waals surface area contributed by atoms with Crippen molar-refractivity contribution in [2.24, 2.45) is 0 Å². The maximum absolute atomic E-state index is 11.8. The topological polar surface area (TPSA) is 135 Å². The summed E-state index contributed by atoms with van der Waals surface area (Å²) in [5, 5.41) is 41.8. The van der Waals surface area contributed by atoms with Crippen LogP contribution in [0.4, 0.5) is 5.69 Å². The normalized spacial score (nSPS) is 15.8. The zero-order chi connectivity index (χ0) is 19.3. The van der Waals surface area contributed by atoms with Crippen LogP contribution < -0.4 is 10.9 Å². The lowest BCUT2D eigenvalue weighted by molar-refractivity contribution is -0.182. The molecule has 0 spiro atoms. The standard InChI is InChI=1S/C18H22N2O6/c1-3-11-6-12-4-5-13(7-14(12)20-17(11)24)19-15(8-21)18(25)26-16(9-22)10(2)23/h1,4-7,10,15-16,18-19,21-23,25H,8-9H2,2H3,(H,20,24)/t10-,15-,16?,18?/m0/s1. The van der Waals surface area contributed by atoms with Crippen LogP contribution in [0.1, 0.15) is 12.5 Å². The highest BCUT2D eigenvalue weighted by molar-refractivity contribution is 5.83. The lowest BCUT2D eigenvalue weighted by atomic mass is 10.1. The predicted molar refractivity (Wildman–Crippen MR) is 96.6 cm³/mol. The van der Waals surface area contributed by atoms with Crippen LogP contribution in [-0.2, 0) is 4.74 Å². The first-order chi connectivity index (χ1) is 12.4. The molecule has 0 aliphatic heterocycles. The number of nitrogens with one attached hydrogen (secondary N) is 2. The van der Waals surface area contributed by atoms with Gasteiger partial charge in [-0.3, -0.25) is 4.79 Å². The van der Waals surface area contributed by atoms with Crippen LogP contribution in [0.25, 0.3) is 10.9 Å². The van der Waals surface area contributed by atoms with Crippen molar-refractivity contribution in [1.82, 2.24) is 4.98 Å². The number of pyridine rings is 1. The Kier molecular flexibility index (Phi) is 6.74. The summed E-state index contributed by atoms with van der Waals surface area (Å²) in [7, 11) is 0. The van der Waals surface area contributed by atoms with E-state index in [0.717, 1.165) is 5.39 Å². The number of anilines is 1. The molecule has 0 saturated carbocycles. The van der Waals surface area contributed by atoms with E-state index in [2.05, 4.69) is 16.2 Å². The number of terminal acetylenes is 1. The molecular weight excluding hydrogens is 340 g/mol. The fraction of sp³-hybridized carbons (Fsp3) is 0.389. The van der Waals surface area contributed by atoms with Gasteiger partial charge in [-0.05, 0) is 30.5 Å². The van der Waals surface area contributed by atoms with E-state index in [0.29, 0.717) is 11.2 Å². The van der Waals surface area contributed by atoms with E-state index in [1.54, 1.807) is 24.3 Å². The minimum atomic E-state index is -1.48. The Labute approximate surface area is 150 Å². The van der Waals surface area contributed by atoms with Gasteiger partial charge in [-0.1, -0.05) is 12.0 Å². The maximum Gasteiger partial charge on any atom is 0.264 e. The quantitative estimate of drug-likeness (QED) is 0.272. The molecule has 4 atom stereocenters. The molecule has 0 aliphatic carbocycles. The van der Waals surface area contributed by atoms with Crippen LogP contribution in [0.15, 0.2) is 29.1 Å². The third-order valence-corrected chi connectivity index (χ3v) is 3.93. The van der Waals surface area contributed by atoms with Gasteiger partial charge in [0, 0.05) is 5.69 Å². The van der Waals surface area contributed by atoms with E-state index < -0.39 is 37.8 Å². The highest BCUT2D eigenvalue weighted by Gasteiger charge is 2.25. The Hall–Kier alpha value is -2.41. The molecule has 6 N–H and O–H groups in total. The van der Waals surface area contributed by atoms with Gasteiger partial charge in [0.15, 0.2) is 6.29 Å². The van der Waals surface area contributed by atoms with E-state index in [-0.39, 0.29) is 11.1 Å². The second kappa shape index (κ2) is 8.80. The minimum absolute atomic E-state index is 0.225. The summed E-state index contributed by atoms with van der Waals surface area (Å²) < 4.78 is 5.18. The van der Waals surface area contributed by atoms with Crippen molar-refractivity contribution in [3.8, 4) is 12.3 Å². The zero-order valence-electron chi connectivity index (χ0n) is 14.2. The first-order valence-corrected chi connectivity index (χ1v) is 8.03. The van der Waals surface area contributed by atoms with Gasteiger partial charge in [-0.25, -0.2) is 0 Å². The summed E-state index contributed by atoms with van der Waals surface area (Å²) in [6, 6.07) is 5.71. The number of aliphatic hydroxyl groups is 4. The lowest BCUT2D eigenvalue weighted by Crippen LogP contribution is -2.44. The molecule has 140 valence electrons. The molecule has 2 aromatic rings. The molecule has 1 aromatic heterocycles. The number of hydrogen-bond donors (Lipinski definition) is 6. The number of aromatic amines is 1. The van der Waals surface area contributed by atoms with Gasteiger partial charge in [0.2, 0.25) is 0 Å². The Morgan fingerprint density at radius 2 is 2.00 bits per heavy atom. The number of H-pyrrole nitrogens is 1. The van der Waals surface area contributed by atoms with Crippen LogP contribution in [0.3, 0.4) is 0 Å². The number of aromatic nitrogens is 1. The van der Waals surface area contributed by atoms with Gasteiger partial charge in [-0.15, -0.1) is 6.42 Å². The number of ether oxygens (including phenoxy) is 1. The highest BCUT2D eigenvalue weighted by Crippen LogP contribution is 2.19. The molecule has 1 aromatic carbocycles. The van der Waals surface area contributed by atoms with E-state index in [1.807, 2.05) is 0 Å². The van der Waals surface area contributed by atoms with E-state index in [4.69, 9.17) is 16.3 Å². The van der Waals surface area contributed by atoms with Crippen LogP contribution >= 0.6 is 0 Å². The van der Waals surface area contributed by atoms with Gasteiger partial charge < -0.3 is 35.5 Å². The molecule has 26 heavy (non-hydrogen) atoms. The number of benzene rings is 1. The van der Waals surface area contributed by atoms with Crippen LogP contribution in [0.5, 0.6) is 0 Å². The minimum Gasteiger partial charge on any atom is -0.394 e. The second-order valence-corrected chi connectivity index (χ2v) is 5.88. The van der Waals surface area contributed by atoms with Crippen LogP contribution in [0.2, 0.25) is 0 Å². The number of hydrogen-bond acceptors (Lipinski definition) is 7. The SMILES string of the molecule is C#Cc1cc2ccc(N[C@@H](CO)C(O)OC(CO)[C@H](C)O)cc2[nH]c1=O. The van der Waals surface area contributed by atoms with E-state index in [9.17, 15) is 20.1 Å². The average molecular weight is 362 g/mol. The van der Waals surface area contributed by atoms with Gasteiger partial charge in [0.25, 0.3) is 5.56 Å². The van der Waals surface area contributed by atoms with Crippen molar-refractivity contribution in [2.75, 3.05) is 18.5 Å². The molecule has 0 bridgehead atoms. The Morgan fingerprint density at radius 1 is 1.27 bits per heavy atom. The Bertz CT molecular complexity index is 842. The fourth-order valence-corrected chi connectivity index (χ4v) is 2.40. The molecule has 2 rings (SSSR count). The third kappa shape index (κ3) is 4.60. The molecule has 1 heterocycles. The summed E-state index contributed by atoms with van der Waals surface area (Å²) in [5.74, 6) is 2.31. The molecule has 0 aliphatic rings. The van der Waals surface area contributed by atoms with Crippen LogP contribution in [0, 0.1) is 12.3 Å². The average Bonchev–Trinajstić information content (AvgIpc) is 2.62. The summed E-state index contributed by atoms with van der Waals surface area (Å²) >= 11 is 0. The summed E-state index contributed by atoms with van der Waals surface area (Å²) in [6.07, 6.45) is 1.81. The van der Waals surface area contributed by atoms with Crippen molar-refractivity contribution >= 4 is 16.6 Å². The maximum atomic E-state index is 11.8. The van der Waals surface area contributed by atoms with E-state index >= 15 is 0 Å². The summed E-state index contributed by atoms with van der Waals surface area (Å²) in [4.78, 5) is 14.5. The van der Waals surface area contributed by atoms with Gasteiger partial charge in [0.05, 0.1) is 30.4 Å². The largest absolute Gasteiger partial charge is 0.394 e. The van der Waals surface area contributed by atoms with Gasteiger partial charge >= 0.3 is 0 Å². The monoisotopic (exact) mass is 362 g/mol. The Balaban J connectivity index is 2.19. The third-order valence-electron chi connectivity index (χ3n) is 3.93. The van der Waals surface area contributed by atoms with Crippen molar-refractivity contribution < 1.29 is 25.2 Å².